The van der Waals surface area contributed by atoms with Gasteiger partial charge >= 0.3 is 0 Å². The summed E-state index contributed by atoms with van der Waals surface area (Å²) >= 11 is 0. The molecule has 2 aromatic carbocycles. The lowest BCUT2D eigenvalue weighted by molar-refractivity contribution is -0.134. The third-order valence-corrected chi connectivity index (χ3v) is 6.16. The van der Waals surface area contributed by atoms with Gasteiger partial charge < -0.3 is 4.90 Å². The molecule has 0 spiro atoms. The number of likely N-dealkylation sites (N-methyl/N-ethyl adjacent to an activating group) is 1. The van der Waals surface area contributed by atoms with Crippen LogP contribution in [0.25, 0.3) is 0 Å². The molecule has 0 aromatic heterocycles. The number of benzene rings is 2. The van der Waals surface area contributed by atoms with Gasteiger partial charge in [-0.3, -0.25) is 14.6 Å². The molecule has 1 unspecified atom stereocenters. The minimum Gasteiger partial charge on any atom is -0.339 e. The molecular weight excluding hydrogens is 389 g/mol. The number of carbonyl (C=O) groups excluding carboxylic acids is 1. The molecule has 1 amide bonds. The highest BCUT2D eigenvalue weighted by Gasteiger charge is 2.28. The van der Waals surface area contributed by atoms with Gasteiger partial charge in [0.1, 0.15) is 5.82 Å². The predicted molar refractivity (Wildman–Crippen MR) is 124 cm³/mol. The second-order valence-corrected chi connectivity index (χ2v) is 8.15. The van der Waals surface area contributed by atoms with Gasteiger partial charge in [0, 0.05) is 32.2 Å². The smallest absolute Gasteiger partial charge is 0.236 e. The lowest BCUT2D eigenvalue weighted by Gasteiger charge is -2.40. The molecule has 0 aliphatic carbocycles. The average molecular weight is 422 g/mol. The van der Waals surface area contributed by atoms with E-state index in [0.717, 1.165) is 24.2 Å². The van der Waals surface area contributed by atoms with Crippen molar-refractivity contribution in [2.45, 2.75) is 19.0 Å². The molecule has 1 heterocycles. The fraction of sp³-hybridized carbons (Fsp3) is 0.346. The van der Waals surface area contributed by atoms with E-state index >= 15 is 0 Å². The lowest BCUT2D eigenvalue weighted by Crippen LogP contribution is -2.51. The van der Waals surface area contributed by atoms with E-state index in [1.807, 2.05) is 30.1 Å². The molecule has 1 aliphatic rings. The van der Waals surface area contributed by atoms with Gasteiger partial charge in [-0.1, -0.05) is 61.7 Å². The molecule has 2 aromatic rings. The Labute approximate surface area is 185 Å². The van der Waals surface area contributed by atoms with Crippen LogP contribution in [0.5, 0.6) is 0 Å². The first-order chi connectivity index (χ1) is 14.9. The zero-order valence-corrected chi connectivity index (χ0v) is 18.5. The molecule has 164 valence electrons. The summed E-state index contributed by atoms with van der Waals surface area (Å²) in [7, 11) is 1.99. The number of piperazine rings is 1. The van der Waals surface area contributed by atoms with E-state index in [1.54, 1.807) is 18.2 Å². The van der Waals surface area contributed by atoms with Crippen LogP contribution in [0.4, 0.5) is 4.39 Å². The Hall–Kier alpha value is -2.76. The summed E-state index contributed by atoms with van der Waals surface area (Å²) in [4.78, 5) is 19.2. The minimum atomic E-state index is -0.254. The van der Waals surface area contributed by atoms with Crippen molar-refractivity contribution in [2.24, 2.45) is 0 Å². The maximum atomic E-state index is 13.4. The molecular formula is C26H32FN3O. The van der Waals surface area contributed by atoms with Crippen LogP contribution in [0.15, 0.2) is 79.4 Å². The monoisotopic (exact) mass is 421 g/mol. The molecule has 0 saturated carbocycles. The first kappa shape index (κ1) is 22.9. The van der Waals surface area contributed by atoms with E-state index in [9.17, 15) is 9.18 Å². The molecule has 1 saturated heterocycles. The molecule has 3 rings (SSSR count). The van der Waals surface area contributed by atoms with E-state index in [-0.39, 0.29) is 23.8 Å². The van der Waals surface area contributed by atoms with Crippen LogP contribution >= 0.6 is 0 Å². The van der Waals surface area contributed by atoms with Crippen LogP contribution in [-0.4, -0.2) is 60.4 Å². The Morgan fingerprint density at radius 3 is 2.26 bits per heavy atom. The molecule has 2 atom stereocenters. The Morgan fingerprint density at radius 2 is 1.68 bits per heavy atom. The van der Waals surface area contributed by atoms with Crippen molar-refractivity contribution in [2.75, 3.05) is 39.8 Å². The van der Waals surface area contributed by atoms with E-state index in [2.05, 4.69) is 42.0 Å². The number of amides is 1. The van der Waals surface area contributed by atoms with Gasteiger partial charge in [-0.25, -0.2) is 4.39 Å². The highest BCUT2D eigenvalue weighted by molar-refractivity contribution is 5.78. The van der Waals surface area contributed by atoms with Gasteiger partial charge in [0.15, 0.2) is 0 Å². The van der Waals surface area contributed by atoms with Crippen LogP contribution in [0.2, 0.25) is 0 Å². The molecule has 0 bridgehead atoms. The van der Waals surface area contributed by atoms with Crippen molar-refractivity contribution in [1.29, 1.82) is 0 Å². The van der Waals surface area contributed by atoms with Crippen molar-refractivity contribution < 1.29 is 9.18 Å². The van der Waals surface area contributed by atoms with Gasteiger partial charge in [-0.05, 0) is 42.8 Å². The summed E-state index contributed by atoms with van der Waals surface area (Å²) in [6.07, 6.45) is 1.76. The number of hydrogen-bond donors (Lipinski definition) is 0. The van der Waals surface area contributed by atoms with Crippen molar-refractivity contribution in [3.8, 4) is 0 Å². The van der Waals surface area contributed by atoms with Crippen molar-refractivity contribution in [1.82, 2.24) is 14.7 Å². The summed E-state index contributed by atoms with van der Waals surface area (Å²) in [6.45, 7) is 13.3. The number of rotatable bonds is 8. The third-order valence-electron chi connectivity index (χ3n) is 6.16. The van der Waals surface area contributed by atoms with Crippen molar-refractivity contribution in [3.63, 3.8) is 0 Å². The summed E-state index contributed by atoms with van der Waals surface area (Å²) in [5, 5.41) is 0. The summed E-state index contributed by atoms with van der Waals surface area (Å²) in [6, 6.07) is 16.9. The quantitative estimate of drug-likeness (QED) is 0.590. The number of hydrogen-bond acceptors (Lipinski definition) is 3. The largest absolute Gasteiger partial charge is 0.339 e. The summed E-state index contributed by atoms with van der Waals surface area (Å²) < 4.78 is 13.4. The van der Waals surface area contributed by atoms with Gasteiger partial charge in [-0.2, -0.15) is 0 Å². The Kier molecular flexibility index (Phi) is 7.77. The zero-order chi connectivity index (χ0) is 22.4. The number of carbonyl (C=O) groups is 1. The minimum absolute atomic E-state index is 0.0591. The van der Waals surface area contributed by atoms with Crippen LogP contribution in [0, 0.1) is 5.82 Å². The summed E-state index contributed by atoms with van der Waals surface area (Å²) in [5.74, 6) is -0.109. The first-order valence-electron chi connectivity index (χ1n) is 10.7. The van der Waals surface area contributed by atoms with Crippen molar-refractivity contribution in [3.05, 3.63) is 96.3 Å². The standard InChI is InChI=1S/C26H32FN3O/c1-5-20(2)26(23-11-13-24(27)14-12-23)30-17-15-29(16-18-30)25(31)19-28(4)21(3)22-9-7-6-8-10-22/h5-14,21,26H,1-2,15-19H2,3-4H3/t21-,26?/m1/s1. The topological polar surface area (TPSA) is 26.8 Å². The molecule has 1 aliphatic heterocycles. The van der Waals surface area contributed by atoms with Crippen LogP contribution in [0.1, 0.15) is 30.1 Å². The Morgan fingerprint density at radius 1 is 1.06 bits per heavy atom. The second-order valence-electron chi connectivity index (χ2n) is 8.15. The van der Waals surface area contributed by atoms with Gasteiger partial charge in [0.05, 0.1) is 12.6 Å². The molecule has 31 heavy (non-hydrogen) atoms. The zero-order valence-electron chi connectivity index (χ0n) is 18.5. The number of halogens is 1. The van der Waals surface area contributed by atoms with Gasteiger partial charge in [-0.15, -0.1) is 0 Å². The fourth-order valence-corrected chi connectivity index (χ4v) is 4.08. The molecule has 0 radical (unpaired) electrons. The molecule has 0 N–H and O–H groups in total. The molecule has 5 heteroatoms. The SMILES string of the molecule is C=CC(=C)C(c1ccc(F)cc1)N1CCN(C(=O)CN(C)[C@H](C)c2ccccc2)CC1. The Bertz CT molecular complexity index is 889. The lowest BCUT2D eigenvalue weighted by atomic mass is 9.97. The van der Waals surface area contributed by atoms with Gasteiger partial charge in [0.2, 0.25) is 5.91 Å². The van der Waals surface area contributed by atoms with Crippen LogP contribution in [0.3, 0.4) is 0 Å². The highest BCUT2D eigenvalue weighted by atomic mass is 19.1. The van der Waals surface area contributed by atoms with E-state index in [0.29, 0.717) is 19.6 Å². The third kappa shape index (κ3) is 5.69. The maximum absolute atomic E-state index is 13.4. The molecule has 4 nitrogen and oxygen atoms in total. The highest BCUT2D eigenvalue weighted by Crippen LogP contribution is 2.29. The van der Waals surface area contributed by atoms with E-state index in [4.69, 9.17) is 0 Å². The van der Waals surface area contributed by atoms with Crippen LogP contribution in [-0.2, 0) is 4.79 Å². The van der Waals surface area contributed by atoms with E-state index in [1.165, 1.54) is 17.7 Å². The number of nitrogens with zero attached hydrogens (tertiary/aromatic N) is 3. The average Bonchev–Trinajstić information content (AvgIpc) is 2.80. The normalized spacial score (nSPS) is 16.7. The summed E-state index contributed by atoms with van der Waals surface area (Å²) in [5.41, 5.74) is 3.07. The second kappa shape index (κ2) is 10.5. The van der Waals surface area contributed by atoms with Crippen LogP contribution < -0.4 is 0 Å². The molecule has 1 fully saturated rings. The van der Waals surface area contributed by atoms with Crippen molar-refractivity contribution >= 4 is 5.91 Å². The van der Waals surface area contributed by atoms with Gasteiger partial charge in [0.25, 0.3) is 0 Å². The predicted octanol–water partition coefficient (Wildman–Crippen LogP) is 4.45. The maximum Gasteiger partial charge on any atom is 0.236 e. The fourth-order valence-electron chi connectivity index (χ4n) is 4.08. The first-order valence-corrected chi connectivity index (χ1v) is 10.7. The van der Waals surface area contributed by atoms with E-state index < -0.39 is 0 Å². The Balaban J connectivity index is 1.59.